The zero-order chi connectivity index (χ0) is 32.2. The lowest BCUT2D eigenvalue weighted by molar-refractivity contribution is -0.146. The molecule has 12 heteroatoms. The number of rotatable bonds is 10. The van der Waals surface area contributed by atoms with Gasteiger partial charge in [-0.2, -0.15) is 5.10 Å². The van der Waals surface area contributed by atoms with E-state index in [0.717, 1.165) is 18.5 Å². The van der Waals surface area contributed by atoms with Crippen LogP contribution in [-0.4, -0.2) is 47.7 Å². The van der Waals surface area contributed by atoms with Crippen molar-refractivity contribution in [1.82, 2.24) is 15.1 Å². The highest BCUT2D eigenvalue weighted by Crippen LogP contribution is 2.42. The van der Waals surface area contributed by atoms with Gasteiger partial charge in [0.25, 0.3) is 5.91 Å². The number of hydrogen-bond donors (Lipinski definition) is 2. The summed E-state index contributed by atoms with van der Waals surface area (Å²) in [6.45, 7) is 4.29. The van der Waals surface area contributed by atoms with Crippen LogP contribution in [-0.2, 0) is 16.1 Å². The Labute approximate surface area is 269 Å². The molecule has 0 saturated heterocycles. The highest BCUT2D eigenvalue weighted by Gasteiger charge is 2.26. The van der Waals surface area contributed by atoms with Crippen molar-refractivity contribution in [2.75, 3.05) is 19.0 Å². The van der Waals surface area contributed by atoms with Gasteiger partial charge in [-0.1, -0.05) is 53.5 Å². The SMILES string of the molecule is COc1cc(-c2cccc(-c3cccc(NC(=O)c4cc5n(n4)CCC[C@@H]5NCC(=O)OC(C)C)c3Cl)c2Cl)cc(F)c1C=O. The minimum absolute atomic E-state index is 0.0499. The van der Waals surface area contributed by atoms with Crippen LogP contribution in [0.4, 0.5) is 10.1 Å². The first-order valence-corrected chi connectivity index (χ1v) is 15.1. The molecule has 1 aliphatic rings. The van der Waals surface area contributed by atoms with Crippen LogP contribution in [0, 0.1) is 5.82 Å². The molecule has 5 rings (SSSR count). The Balaban J connectivity index is 1.39. The molecule has 1 amide bonds. The predicted molar refractivity (Wildman–Crippen MR) is 171 cm³/mol. The number of anilines is 1. The zero-order valence-corrected chi connectivity index (χ0v) is 26.3. The van der Waals surface area contributed by atoms with Crippen LogP contribution in [0.25, 0.3) is 22.3 Å². The molecule has 0 aliphatic carbocycles. The van der Waals surface area contributed by atoms with Gasteiger partial charge in [0.2, 0.25) is 0 Å². The Morgan fingerprint density at radius 3 is 2.51 bits per heavy atom. The Kier molecular flexibility index (Phi) is 9.86. The summed E-state index contributed by atoms with van der Waals surface area (Å²) < 4.78 is 26.9. The van der Waals surface area contributed by atoms with Crippen molar-refractivity contribution in [2.45, 2.75) is 45.4 Å². The van der Waals surface area contributed by atoms with E-state index in [2.05, 4.69) is 15.7 Å². The minimum atomic E-state index is -0.736. The molecular weight excluding hydrogens is 622 g/mol. The molecule has 0 spiro atoms. The Morgan fingerprint density at radius 1 is 1.09 bits per heavy atom. The number of carbonyl (C=O) groups excluding carboxylic acids is 3. The van der Waals surface area contributed by atoms with Gasteiger partial charge in [0.05, 0.1) is 46.7 Å². The smallest absolute Gasteiger partial charge is 0.320 e. The number of esters is 1. The summed E-state index contributed by atoms with van der Waals surface area (Å²) in [5.74, 6) is -1.45. The number of amides is 1. The summed E-state index contributed by atoms with van der Waals surface area (Å²) in [4.78, 5) is 36.7. The van der Waals surface area contributed by atoms with Crippen LogP contribution in [0.1, 0.15) is 59.3 Å². The Hall–Kier alpha value is -4.25. The molecule has 1 aromatic heterocycles. The third-order valence-corrected chi connectivity index (χ3v) is 8.21. The molecule has 2 N–H and O–H groups in total. The first-order chi connectivity index (χ1) is 21.6. The highest BCUT2D eigenvalue weighted by atomic mass is 35.5. The number of halogens is 3. The predicted octanol–water partition coefficient (Wildman–Crippen LogP) is 7.11. The van der Waals surface area contributed by atoms with Gasteiger partial charge >= 0.3 is 5.97 Å². The third-order valence-electron chi connectivity index (χ3n) is 7.40. The van der Waals surface area contributed by atoms with Crippen LogP contribution in [0.2, 0.25) is 10.0 Å². The van der Waals surface area contributed by atoms with Gasteiger partial charge < -0.3 is 14.8 Å². The number of hydrogen-bond acceptors (Lipinski definition) is 7. The molecule has 45 heavy (non-hydrogen) atoms. The van der Waals surface area contributed by atoms with Gasteiger partial charge in [-0.3, -0.25) is 24.4 Å². The quantitative estimate of drug-likeness (QED) is 0.139. The van der Waals surface area contributed by atoms with Gasteiger partial charge in [0.1, 0.15) is 11.6 Å². The van der Waals surface area contributed by atoms with E-state index in [1.165, 1.54) is 19.2 Å². The first-order valence-electron chi connectivity index (χ1n) is 14.3. The number of aromatic nitrogens is 2. The van der Waals surface area contributed by atoms with Crippen LogP contribution >= 0.6 is 23.2 Å². The minimum Gasteiger partial charge on any atom is -0.496 e. The van der Waals surface area contributed by atoms with Crippen molar-refractivity contribution in [1.29, 1.82) is 0 Å². The summed E-state index contributed by atoms with van der Waals surface area (Å²) in [5.41, 5.74) is 3.18. The summed E-state index contributed by atoms with van der Waals surface area (Å²) in [7, 11) is 1.35. The number of aldehydes is 1. The number of methoxy groups -OCH3 is 1. The summed E-state index contributed by atoms with van der Waals surface area (Å²) >= 11 is 13.7. The number of carbonyl (C=O) groups is 3. The van der Waals surface area contributed by atoms with E-state index in [9.17, 15) is 18.8 Å². The Morgan fingerprint density at radius 2 is 1.80 bits per heavy atom. The maximum atomic E-state index is 14.7. The number of benzene rings is 3. The van der Waals surface area contributed by atoms with Crippen molar-refractivity contribution >= 4 is 47.1 Å². The maximum absolute atomic E-state index is 14.7. The van der Waals surface area contributed by atoms with Gasteiger partial charge in [-0.05, 0) is 56.5 Å². The van der Waals surface area contributed by atoms with Crippen LogP contribution in [0.3, 0.4) is 0 Å². The van der Waals surface area contributed by atoms with Gasteiger partial charge in [0, 0.05) is 29.3 Å². The van der Waals surface area contributed by atoms with E-state index in [-0.39, 0.29) is 46.7 Å². The maximum Gasteiger partial charge on any atom is 0.320 e. The second kappa shape index (κ2) is 13.8. The number of ether oxygens (including phenoxy) is 2. The molecule has 0 bridgehead atoms. The number of aryl methyl sites for hydroxylation is 1. The Bertz CT molecular complexity index is 1770. The second-order valence-corrected chi connectivity index (χ2v) is 11.5. The lowest BCUT2D eigenvalue weighted by Gasteiger charge is -2.24. The monoisotopic (exact) mass is 652 g/mol. The molecule has 0 radical (unpaired) electrons. The zero-order valence-electron chi connectivity index (χ0n) is 24.8. The van der Waals surface area contributed by atoms with Gasteiger partial charge in [-0.15, -0.1) is 0 Å². The largest absolute Gasteiger partial charge is 0.496 e. The molecular formula is C33H31Cl2FN4O5. The fourth-order valence-electron chi connectivity index (χ4n) is 5.33. The van der Waals surface area contributed by atoms with E-state index in [0.29, 0.717) is 45.8 Å². The van der Waals surface area contributed by atoms with Crippen LogP contribution < -0.4 is 15.4 Å². The second-order valence-electron chi connectivity index (χ2n) is 10.8. The van der Waals surface area contributed by atoms with Crippen molar-refractivity contribution < 1.29 is 28.2 Å². The van der Waals surface area contributed by atoms with E-state index in [1.807, 2.05) is 0 Å². The topological polar surface area (TPSA) is 112 Å². The summed E-state index contributed by atoms with van der Waals surface area (Å²) in [5, 5.41) is 11.1. The molecule has 4 aromatic rings. The highest BCUT2D eigenvalue weighted by molar-refractivity contribution is 6.39. The van der Waals surface area contributed by atoms with Gasteiger partial charge in [-0.25, -0.2) is 4.39 Å². The molecule has 0 unspecified atom stereocenters. The van der Waals surface area contributed by atoms with Crippen molar-refractivity contribution in [3.05, 3.63) is 87.4 Å². The first kappa shape index (κ1) is 32.2. The molecule has 2 heterocycles. The molecule has 1 aliphatic heterocycles. The van der Waals surface area contributed by atoms with Crippen molar-refractivity contribution in [3.8, 4) is 28.0 Å². The standard InChI is InChI=1S/C33H31Cl2FN4O5/c1-18(2)45-30(42)16-37-25-11-6-12-40-28(25)15-27(39-40)33(43)38-26-10-5-9-22(32(26)35)21-8-4-7-20(31(21)34)19-13-24(36)23(17-41)29(14-19)44-3/h4-5,7-10,13-15,17-18,25,37H,6,11-12,16H2,1-3H3,(H,38,43)/t25-/m0/s1. The number of fused-ring (bicyclic) bond motifs is 1. The number of nitrogens with one attached hydrogen (secondary N) is 2. The third kappa shape index (κ3) is 6.88. The van der Waals surface area contributed by atoms with Crippen molar-refractivity contribution in [2.24, 2.45) is 0 Å². The summed E-state index contributed by atoms with van der Waals surface area (Å²) in [6.07, 6.45) is 1.82. The van der Waals surface area contributed by atoms with E-state index < -0.39 is 11.7 Å². The van der Waals surface area contributed by atoms with E-state index in [1.54, 1.807) is 61.0 Å². The fraction of sp³-hybridized carbons (Fsp3) is 0.273. The van der Waals surface area contributed by atoms with Crippen molar-refractivity contribution in [3.63, 3.8) is 0 Å². The van der Waals surface area contributed by atoms with Crippen LogP contribution in [0.5, 0.6) is 5.75 Å². The van der Waals surface area contributed by atoms with Crippen LogP contribution in [0.15, 0.2) is 54.6 Å². The average molecular weight is 654 g/mol. The molecule has 3 aromatic carbocycles. The normalized spacial score (nSPS) is 14.2. The average Bonchev–Trinajstić information content (AvgIpc) is 3.46. The molecule has 234 valence electrons. The van der Waals surface area contributed by atoms with E-state index in [4.69, 9.17) is 32.7 Å². The summed E-state index contributed by atoms with van der Waals surface area (Å²) in [6, 6.07) is 14.7. The molecule has 9 nitrogen and oxygen atoms in total. The lowest BCUT2D eigenvalue weighted by Crippen LogP contribution is -2.33. The fourth-order valence-corrected chi connectivity index (χ4v) is 5.94. The lowest BCUT2D eigenvalue weighted by atomic mass is 9.97. The molecule has 0 saturated carbocycles. The van der Waals surface area contributed by atoms with Gasteiger partial charge in [0.15, 0.2) is 12.0 Å². The van der Waals surface area contributed by atoms with E-state index >= 15 is 0 Å². The molecule has 1 atom stereocenters. The molecule has 0 fully saturated rings. The number of nitrogens with zero attached hydrogens (tertiary/aromatic N) is 2.